The lowest BCUT2D eigenvalue weighted by molar-refractivity contribution is 0.668. The highest BCUT2D eigenvalue weighted by Gasteiger charge is 1.97. The smallest absolute Gasteiger partial charge is 0.176 e. The zero-order valence-corrected chi connectivity index (χ0v) is 5.09. The number of aromatic nitrogens is 1. The number of pyridine rings is 1. The van der Waals surface area contributed by atoms with Gasteiger partial charge in [0.05, 0.1) is 0 Å². The van der Waals surface area contributed by atoms with Crippen molar-refractivity contribution in [1.82, 2.24) is 4.98 Å². The highest BCUT2D eigenvalue weighted by molar-refractivity contribution is 5.53. The van der Waals surface area contributed by atoms with E-state index in [-0.39, 0.29) is 12.0 Å². The molecule has 0 atom stereocenters. The van der Waals surface area contributed by atoms with Gasteiger partial charge < -0.3 is 0 Å². The van der Waals surface area contributed by atoms with Crippen LogP contribution in [0.1, 0.15) is 5.69 Å². The Morgan fingerprint density at radius 1 is 1.50 bits per heavy atom. The summed E-state index contributed by atoms with van der Waals surface area (Å²) in [6.45, 7) is 0. The number of rotatable bonds is 1. The number of halogens is 2. The summed E-state index contributed by atoms with van der Waals surface area (Å²) >= 11 is 0. The van der Waals surface area contributed by atoms with E-state index < -0.39 is 5.83 Å². The fourth-order valence-electron chi connectivity index (χ4n) is 0.560. The van der Waals surface area contributed by atoms with E-state index in [2.05, 4.69) is 4.98 Å². The SMILES string of the molecule is F/C=C(\F)c1ccccn1. The molecule has 0 saturated heterocycles. The Balaban J connectivity index is 2.96. The van der Waals surface area contributed by atoms with E-state index in [4.69, 9.17) is 0 Å². The maximum absolute atomic E-state index is 12.3. The first kappa shape index (κ1) is 6.86. The van der Waals surface area contributed by atoms with E-state index in [1.165, 1.54) is 12.3 Å². The summed E-state index contributed by atoms with van der Waals surface area (Å²) in [5, 5.41) is 0. The van der Waals surface area contributed by atoms with Crippen LogP contribution in [-0.2, 0) is 0 Å². The van der Waals surface area contributed by atoms with E-state index in [1.54, 1.807) is 12.1 Å². The Morgan fingerprint density at radius 2 is 2.30 bits per heavy atom. The fraction of sp³-hybridized carbons (Fsp3) is 0. The molecule has 0 aliphatic heterocycles. The van der Waals surface area contributed by atoms with Gasteiger partial charge in [-0.3, -0.25) is 4.98 Å². The van der Waals surface area contributed by atoms with Gasteiger partial charge in [-0.25, -0.2) is 8.78 Å². The maximum Gasteiger partial charge on any atom is 0.176 e. The second-order valence-electron chi connectivity index (χ2n) is 1.67. The van der Waals surface area contributed by atoms with Gasteiger partial charge in [0.15, 0.2) is 5.83 Å². The first-order valence-electron chi connectivity index (χ1n) is 2.72. The molecule has 1 aromatic heterocycles. The second kappa shape index (κ2) is 3.06. The standard InChI is InChI=1S/C7H5F2N/c8-5-6(9)7-3-1-2-4-10-7/h1-5H/b6-5-. The van der Waals surface area contributed by atoms with Gasteiger partial charge in [-0.05, 0) is 12.1 Å². The van der Waals surface area contributed by atoms with Crippen molar-refractivity contribution in [3.05, 3.63) is 36.4 Å². The monoisotopic (exact) mass is 141 g/mol. The fourth-order valence-corrected chi connectivity index (χ4v) is 0.560. The van der Waals surface area contributed by atoms with Crippen LogP contribution in [-0.4, -0.2) is 4.98 Å². The van der Waals surface area contributed by atoms with Crippen LogP contribution in [0.4, 0.5) is 8.78 Å². The van der Waals surface area contributed by atoms with Gasteiger partial charge in [-0.1, -0.05) is 6.07 Å². The molecule has 0 aromatic carbocycles. The van der Waals surface area contributed by atoms with Crippen molar-refractivity contribution in [2.24, 2.45) is 0 Å². The summed E-state index contributed by atoms with van der Waals surface area (Å²) in [5.41, 5.74) is 0.0185. The minimum atomic E-state index is -0.944. The molecule has 0 saturated carbocycles. The Kier molecular flexibility index (Phi) is 2.10. The molecule has 0 fully saturated rings. The zero-order chi connectivity index (χ0) is 7.40. The molecule has 0 bridgehead atoms. The summed E-state index contributed by atoms with van der Waals surface area (Å²) in [6, 6.07) is 4.62. The first-order valence-corrected chi connectivity index (χ1v) is 2.72. The van der Waals surface area contributed by atoms with Crippen molar-refractivity contribution in [2.75, 3.05) is 0 Å². The molecule has 52 valence electrons. The molecule has 0 spiro atoms. The van der Waals surface area contributed by atoms with Gasteiger partial charge in [0.1, 0.15) is 12.0 Å². The van der Waals surface area contributed by atoms with E-state index in [9.17, 15) is 8.78 Å². The molecule has 10 heavy (non-hydrogen) atoms. The van der Waals surface area contributed by atoms with Crippen molar-refractivity contribution in [1.29, 1.82) is 0 Å². The van der Waals surface area contributed by atoms with Gasteiger partial charge in [-0.15, -0.1) is 0 Å². The summed E-state index contributed by atoms with van der Waals surface area (Å²) in [6.07, 6.45) is 1.29. The predicted octanol–water partition coefficient (Wildman–Crippen LogP) is 2.32. The van der Waals surface area contributed by atoms with Crippen LogP contribution in [0.25, 0.3) is 5.83 Å². The Bertz CT molecular complexity index is 231. The van der Waals surface area contributed by atoms with Gasteiger partial charge in [0.2, 0.25) is 0 Å². The van der Waals surface area contributed by atoms with Crippen molar-refractivity contribution in [2.45, 2.75) is 0 Å². The summed E-state index contributed by atoms with van der Waals surface area (Å²) < 4.78 is 23.8. The molecule has 0 amide bonds. The lowest BCUT2D eigenvalue weighted by Gasteiger charge is -1.90. The van der Waals surface area contributed by atoms with Crippen LogP contribution < -0.4 is 0 Å². The average molecular weight is 141 g/mol. The molecule has 1 nitrogen and oxygen atoms in total. The Morgan fingerprint density at radius 3 is 2.80 bits per heavy atom. The third kappa shape index (κ3) is 1.37. The Hall–Kier alpha value is -1.25. The molecule has 3 heteroatoms. The minimum Gasteiger partial charge on any atom is -0.254 e. The molecule has 0 aliphatic carbocycles. The predicted molar refractivity (Wildman–Crippen MR) is 34.4 cm³/mol. The summed E-state index contributed by atoms with van der Waals surface area (Å²) in [7, 11) is 0. The number of hydrogen-bond donors (Lipinski definition) is 0. The van der Waals surface area contributed by atoms with Gasteiger partial charge in [0.25, 0.3) is 0 Å². The normalized spacial score (nSPS) is 11.6. The summed E-state index contributed by atoms with van der Waals surface area (Å²) in [4.78, 5) is 3.57. The second-order valence-corrected chi connectivity index (χ2v) is 1.67. The zero-order valence-electron chi connectivity index (χ0n) is 5.09. The highest BCUT2D eigenvalue weighted by Crippen LogP contribution is 2.11. The Labute approximate surface area is 57.0 Å². The largest absolute Gasteiger partial charge is 0.254 e. The van der Waals surface area contributed by atoms with E-state index in [0.29, 0.717) is 0 Å². The molecule has 1 aromatic rings. The van der Waals surface area contributed by atoms with Crippen LogP contribution in [0.5, 0.6) is 0 Å². The molecule has 1 heterocycles. The lowest BCUT2D eigenvalue weighted by Crippen LogP contribution is -1.80. The summed E-state index contributed by atoms with van der Waals surface area (Å²) in [5.74, 6) is -0.944. The molecular formula is C7H5F2N. The van der Waals surface area contributed by atoms with Crippen LogP contribution in [0, 0.1) is 0 Å². The lowest BCUT2D eigenvalue weighted by atomic mass is 10.3. The quantitative estimate of drug-likeness (QED) is 0.584. The van der Waals surface area contributed by atoms with Crippen molar-refractivity contribution in [3.8, 4) is 0 Å². The van der Waals surface area contributed by atoms with E-state index in [0.717, 1.165) is 0 Å². The first-order chi connectivity index (χ1) is 4.84. The van der Waals surface area contributed by atoms with Crippen LogP contribution in [0.3, 0.4) is 0 Å². The third-order valence-electron chi connectivity index (χ3n) is 1.01. The molecule has 0 unspecified atom stereocenters. The van der Waals surface area contributed by atoms with Crippen molar-refractivity contribution >= 4 is 5.83 Å². The average Bonchev–Trinajstić information content (AvgIpc) is 2.05. The van der Waals surface area contributed by atoms with Crippen molar-refractivity contribution in [3.63, 3.8) is 0 Å². The molecule has 1 rings (SSSR count). The molecular weight excluding hydrogens is 136 g/mol. The van der Waals surface area contributed by atoms with Gasteiger partial charge in [-0.2, -0.15) is 0 Å². The number of hydrogen-bond acceptors (Lipinski definition) is 1. The third-order valence-corrected chi connectivity index (χ3v) is 1.01. The number of nitrogens with zero attached hydrogens (tertiary/aromatic N) is 1. The minimum absolute atomic E-state index is 0.0185. The van der Waals surface area contributed by atoms with Crippen LogP contribution in [0.2, 0.25) is 0 Å². The van der Waals surface area contributed by atoms with Crippen molar-refractivity contribution < 1.29 is 8.78 Å². The maximum atomic E-state index is 12.3. The topological polar surface area (TPSA) is 12.9 Å². The van der Waals surface area contributed by atoms with Crippen LogP contribution >= 0.6 is 0 Å². The van der Waals surface area contributed by atoms with E-state index >= 15 is 0 Å². The van der Waals surface area contributed by atoms with Gasteiger partial charge >= 0.3 is 0 Å². The molecule has 0 aliphatic rings. The molecule has 0 N–H and O–H groups in total. The molecule has 0 radical (unpaired) electrons. The highest BCUT2D eigenvalue weighted by atomic mass is 19.2. The van der Waals surface area contributed by atoms with Gasteiger partial charge in [0, 0.05) is 6.20 Å². The van der Waals surface area contributed by atoms with Crippen LogP contribution in [0.15, 0.2) is 30.7 Å². The van der Waals surface area contributed by atoms with E-state index in [1.807, 2.05) is 0 Å².